The zero-order valence-electron chi connectivity index (χ0n) is 13.0. The van der Waals surface area contributed by atoms with E-state index in [0.717, 1.165) is 10.4 Å². The van der Waals surface area contributed by atoms with E-state index in [9.17, 15) is 9.59 Å². The van der Waals surface area contributed by atoms with Crippen molar-refractivity contribution >= 4 is 28.2 Å². The lowest BCUT2D eigenvalue weighted by Crippen LogP contribution is -2.20. The van der Waals surface area contributed by atoms with E-state index in [1.807, 2.05) is 34.6 Å². The van der Waals surface area contributed by atoms with Gasteiger partial charge >= 0.3 is 5.97 Å². The first-order valence-electron chi connectivity index (χ1n) is 6.72. The molecule has 1 rings (SSSR count). The monoisotopic (exact) mass is 297 g/mol. The van der Waals surface area contributed by atoms with Crippen molar-refractivity contribution < 1.29 is 14.3 Å². The minimum Gasteiger partial charge on any atom is -0.462 e. The Morgan fingerprint density at radius 3 is 2.35 bits per heavy atom. The zero-order valence-corrected chi connectivity index (χ0v) is 13.9. The van der Waals surface area contributed by atoms with Gasteiger partial charge in [-0.15, -0.1) is 11.3 Å². The van der Waals surface area contributed by atoms with Crippen LogP contribution < -0.4 is 5.32 Å². The van der Waals surface area contributed by atoms with Gasteiger partial charge in [-0.3, -0.25) is 4.79 Å². The van der Waals surface area contributed by atoms with Crippen molar-refractivity contribution in [1.29, 1.82) is 0 Å². The molecule has 0 spiro atoms. The van der Waals surface area contributed by atoms with Crippen molar-refractivity contribution in [2.24, 2.45) is 5.41 Å². The lowest BCUT2D eigenvalue weighted by atomic mass is 9.92. The van der Waals surface area contributed by atoms with Crippen LogP contribution in [0.2, 0.25) is 0 Å². The Labute approximate surface area is 124 Å². The van der Waals surface area contributed by atoms with Gasteiger partial charge < -0.3 is 10.1 Å². The van der Waals surface area contributed by atoms with Crippen molar-refractivity contribution in [1.82, 2.24) is 0 Å². The van der Waals surface area contributed by atoms with Crippen molar-refractivity contribution in [3.8, 4) is 0 Å². The van der Waals surface area contributed by atoms with Crippen LogP contribution in [0.25, 0.3) is 0 Å². The van der Waals surface area contributed by atoms with Gasteiger partial charge in [0.05, 0.1) is 12.2 Å². The third-order valence-electron chi connectivity index (χ3n) is 2.81. The number of hydrogen-bond donors (Lipinski definition) is 1. The van der Waals surface area contributed by atoms with Crippen LogP contribution in [0.5, 0.6) is 0 Å². The normalized spacial score (nSPS) is 11.3. The van der Waals surface area contributed by atoms with Gasteiger partial charge in [0.15, 0.2) is 0 Å². The van der Waals surface area contributed by atoms with Crippen molar-refractivity contribution in [2.45, 2.75) is 48.0 Å². The SMILES string of the molecule is CCOC(=O)c1c(NC(=O)CC(C)(C)C)sc(C)c1C. The van der Waals surface area contributed by atoms with E-state index < -0.39 is 0 Å². The van der Waals surface area contributed by atoms with E-state index in [4.69, 9.17) is 4.74 Å². The number of anilines is 1. The van der Waals surface area contributed by atoms with Crippen LogP contribution in [0.1, 0.15) is 54.9 Å². The Balaban J connectivity index is 2.98. The molecule has 0 saturated heterocycles. The second kappa shape index (κ2) is 6.39. The standard InChI is InChI=1S/C15H23NO3S/c1-7-19-14(18)12-9(2)10(3)20-13(12)16-11(17)8-15(4,5)6/h7-8H2,1-6H3,(H,16,17). The van der Waals surface area contributed by atoms with Crippen LogP contribution in [-0.2, 0) is 9.53 Å². The quantitative estimate of drug-likeness (QED) is 0.857. The number of thiophene rings is 1. The molecule has 1 aromatic heterocycles. The highest BCUT2D eigenvalue weighted by atomic mass is 32.1. The summed E-state index contributed by atoms with van der Waals surface area (Å²) in [6, 6.07) is 0. The number of hydrogen-bond acceptors (Lipinski definition) is 4. The third-order valence-corrected chi connectivity index (χ3v) is 3.93. The molecule has 112 valence electrons. The summed E-state index contributed by atoms with van der Waals surface area (Å²) in [7, 11) is 0. The van der Waals surface area contributed by atoms with E-state index in [1.54, 1.807) is 6.92 Å². The van der Waals surface area contributed by atoms with E-state index in [2.05, 4.69) is 5.32 Å². The molecule has 0 aliphatic carbocycles. The molecule has 1 heterocycles. The van der Waals surface area contributed by atoms with Gasteiger partial charge in [0.1, 0.15) is 5.00 Å². The molecule has 0 aliphatic rings. The van der Waals surface area contributed by atoms with Gasteiger partial charge in [-0.25, -0.2) is 4.79 Å². The Bertz CT molecular complexity index is 512. The largest absolute Gasteiger partial charge is 0.462 e. The maximum absolute atomic E-state index is 12.0. The fourth-order valence-corrected chi connectivity index (χ4v) is 2.88. The van der Waals surface area contributed by atoms with Gasteiger partial charge in [-0.2, -0.15) is 0 Å². The number of amides is 1. The smallest absolute Gasteiger partial charge is 0.341 e. The maximum Gasteiger partial charge on any atom is 0.341 e. The second-order valence-electron chi connectivity index (χ2n) is 5.99. The topological polar surface area (TPSA) is 55.4 Å². The maximum atomic E-state index is 12.0. The fraction of sp³-hybridized carbons (Fsp3) is 0.600. The summed E-state index contributed by atoms with van der Waals surface area (Å²) in [5, 5.41) is 3.44. The Hall–Kier alpha value is -1.36. The van der Waals surface area contributed by atoms with Crippen molar-refractivity contribution in [2.75, 3.05) is 11.9 Å². The molecule has 1 aromatic rings. The van der Waals surface area contributed by atoms with Crippen molar-refractivity contribution in [3.63, 3.8) is 0 Å². The molecule has 4 nitrogen and oxygen atoms in total. The first kappa shape index (κ1) is 16.7. The number of aryl methyl sites for hydroxylation is 1. The number of nitrogens with one attached hydrogen (secondary N) is 1. The minimum absolute atomic E-state index is 0.0794. The first-order chi connectivity index (χ1) is 9.15. The van der Waals surface area contributed by atoms with E-state index in [1.165, 1.54) is 11.3 Å². The number of esters is 1. The average molecular weight is 297 g/mol. The molecule has 0 saturated carbocycles. The predicted octanol–water partition coefficient (Wildman–Crippen LogP) is 3.92. The lowest BCUT2D eigenvalue weighted by Gasteiger charge is -2.17. The van der Waals surface area contributed by atoms with Gasteiger partial charge in [0.2, 0.25) is 5.91 Å². The minimum atomic E-state index is -0.375. The second-order valence-corrected chi connectivity index (χ2v) is 7.22. The average Bonchev–Trinajstić information content (AvgIpc) is 2.51. The van der Waals surface area contributed by atoms with Gasteiger partial charge in [0.25, 0.3) is 0 Å². The van der Waals surface area contributed by atoms with E-state index in [-0.39, 0.29) is 17.3 Å². The molecule has 1 amide bonds. The lowest BCUT2D eigenvalue weighted by molar-refractivity contribution is -0.117. The van der Waals surface area contributed by atoms with Crippen LogP contribution in [0.15, 0.2) is 0 Å². The summed E-state index contributed by atoms with van der Waals surface area (Å²) in [5.41, 5.74) is 1.27. The molecule has 0 aromatic carbocycles. The summed E-state index contributed by atoms with van der Waals surface area (Å²) in [6.07, 6.45) is 0.408. The highest BCUT2D eigenvalue weighted by molar-refractivity contribution is 7.16. The molecule has 0 atom stereocenters. The number of rotatable bonds is 4. The molecule has 0 aliphatic heterocycles. The number of carbonyl (C=O) groups is 2. The van der Waals surface area contributed by atoms with Gasteiger partial charge in [-0.05, 0) is 31.7 Å². The van der Waals surface area contributed by atoms with Gasteiger partial charge in [-0.1, -0.05) is 20.8 Å². The summed E-state index contributed by atoms with van der Waals surface area (Å²) in [6.45, 7) is 11.9. The molecule has 0 fully saturated rings. The highest BCUT2D eigenvalue weighted by Gasteiger charge is 2.23. The van der Waals surface area contributed by atoms with Crippen LogP contribution in [0.4, 0.5) is 5.00 Å². The summed E-state index contributed by atoms with van der Waals surface area (Å²) >= 11 is 1.42. The zero-order chi connectivity index (χ0) is 15.5. The van der Waals surface area contributed by atoms with E-state index >= 15 is 0 Å². The van der Waals surface area contributed by atoms with Crippen LogP contribution in [0, 0.1) is 19.3 Å². The molecule has 0 unspecified atom stereocenters. The van der Waals surface area contributed by atoms with Crippen molar-refractivity contribution in [3.05, 3.63) is 16.0 Å². The first-order valence-corrected chi connectivity index (χ1v) is 7.54. The van der Waals surface area contributed by atoms with Gasteiger partial charge in [0, 0.05) is 11.3 Å². The molecule has 1 N–H and O–H groups in total. The third kappa shape index (κ3) is 4.34. The summed E-state index contributed by atoms with van der Waals surface area (Å²) in [5.74, 6) is -0.454. The molecular formula is C15H23NO3S. The molecule has 5 heteroatoms. The molecule has 20 heavy (non-hydrogen) atoms. The predicted molar refractivity (Wildman–Crippen MR) is 82.5 cm³/mol. The van der Waals surface area contributed by atoms with E-state index in [0.29, 0.717) is 23.6 Å². The highest BCUT2D eigenvalue weighted by Crippen LogP contribution is 2.33. The summed E-state index contributed by atoms with van der Waals surface area (Å²) in [4.78, 5) is 25.0. The van der Waals surface area contributed by atoms with Crippen LogP contribution in [-0.4, -0.2) is 18.5 Å². The Morgan fingerprint density at radius 1 is 1.25 bits per heavy atom. The molecule has 0 radical (unpaired) electrons. The number of ether oxygens (including phenoxy) is 1. The number of carbonyl (C=O) groups excluding carboxylic acids is 2. The fourth-order valence-electron chi connectivity index (χ4n) is 1.82. The summed E-state index contributed by atoms with van der Waals surface area (Å²) < 4.78 is 5.06. The Kier molecular flexibility index (Phi) is 5.34. The molecular weight excluding hydrogens is 274 g/mol. The van der Waals surface area contributed by atoms with Crippen LogP contribution >= 0.6 is 11.3 Å². The van der Waals surface area contributed by atoms with Crippen LogP contribution in [0.3, 0.4) is 0 Å². The molecule has 0 bridgehead atoms. The Morgan fingerprint density at radius 2 is 1.85 bits per heavy atom.